The van der Waals surface area contributed by atoms with Gasteiger partial charge in [0.1, 0.15) is 0 Å². The van der Waals surface area contributed by atoms with Gasteiger partial charge in [-0.2, -0.15) is 0 Å². The zero-order valence-electron chi connectivity index (χ0n) is 17.2. The fourth-order valence-electron chi connectivity index (χ4n) is 3.75. The third-order valence-corrected chi connectivity index (χ3v) is 5.34. The summed E-state index contributed by atoms with van der Waals surface area (Å²) in [5, 5.41) is 9.58. The van der Waals surface area contributed by atoms with Crippen LogP contribution in [0.2, 0.25) is 0 Å². The Kier molecular flexibility index (Phi) is 8.88. The Labute approximate surface area is 163 Å². The van der Waals surface area contributed by atoms with Crippen molar-refractivity contribution in [1.29, 1.82) is 0 Å². The number of hydrogen-bond acceptors (Lipinski definition) is 3. The Balaban J connectivity index is 1.77. The van der Waals surface area contributed by atoms with E-state index in [-0.39, 0.29) is 23.8 Å². The molecule has 1 atom stereocenters. The molecule has 1 saturated heterocycles. The summed E-state index contributed by atoms with van der Waals surface area (Å²) in [6.07, 6.45) is 6.72. The van der Waals surface area contributed by atoms with E-state index in [1.165, 1.54) is 19.3 Å². The molecule has 7 heteroatoms. The molecule has 1 saturated carbocycles. The molecule has 1 heterocycles. The molecule has 154 valence electrons. The summed E-state index contributed by atoms with van der Waals surface area (Å²) in [6, 6.07) is 0.237. The van der Waals surface area contributed by atoms with Gasteiger partial charge in [-0.3, -0.25) is 14.6 Å². The highest BCUT2D eigenvalue weighted by Gasteiger charge is 2.31. The first-order valence-corrected chi connectivity index (χ1v) is 10.6. The van der Waals surface area contributed by atoms with Crippen LogP contribution in [0.4, 0.5) is 0 Å². The first kappa shape index (κ1) is 21.5. The highest BCUT2D eigenvalue weighted by atomic mass is 16.2. The van der Waals surface area contributed by atoms with E-state index in [9.17, 15) is 9.59 Å². The second-order valence-corrected chi connectivity index (χ2v) is 7.96. The number of carbonyl (C=O) groups excluding carboxylic acids is 2. The zero-order chi connectivity index (χ0) is 19.6. The Morgan fingerprint density at radius 2 is 1.85 bits per heavy atom. The predicted molar refractivity (Wildman–Crippen MR) is 109 cm³/mol. The largest absolute Gasteiger partial charge is 0.357 e. The molecule has 1 aliphatic heterocycles. The molecule has 27 heavy (non-hydrogen) atoms. The van der Waals surface area contributed by atoms with Crippen molar-refractivity contribution in [2.75, 3.05) is 32.7 Å². The zero-order valence-corrected chi connectivity index (χ0v) is 17.2. The van der Waals surface area contributed by atoms with Gasteiger partial charge < -0.3 is 20.9 Å². The molecule has 3 N–H and O–H groups in total. The van der Waals surface area contributed by atoms with Crippen molar-refractivity contribution in [1.82, 2.24) is 20.9 Å². The molecule has 0 aromatic rings. The Morgan fingerprint density at radius 1 is 1.11 bits per heavy atom. The molecular weight excluding hydrogens is 342 g/mol. The molecular formula is C20H37N5O2. The molecule has 0 spiro atoms. The van der Waals surface area contributed by atoms with Crippen molar-refractivity contribution in [3.63, 3.8) is 0 Å². The molecule has 1 unspecified atom stereocenters. The van der Waals surface area contributed by atoms with Crippen LogP contribution in [0.5, 0.6) is 0 Å². The fourth-order valence-corrected chi connectivity index (χ4v) is 3.75. The average molecular weight is 380 g/mol. The number of nitrogens with zero attached hydrogens (tertiary/aromatic N) is 2. The topological polar surface area (TPSA) is 85.8 Å². The normalized spacial score (nSPS) is 21.4. The highest BCUT2D eigenvalue weighted by molar-refractivity contribution is 5.81. The lowest BCUT2D eigenvalue weighted by Crippen LogP contribution is -2.46. The SMILES string of the molecule is CCNC(=NCCNC(=O)C(C)C)NC1CCN(C(=O)C2CCCCC2)C1. The standard InChI is InChI=1S/C20H37N5O2/c1-4-21-20(23-12-11-22-18(26)15(2)3)24-17-10-13-25(14-17)19(27)16-8-6-5-7-9-16/h15-17H,4-14H2,1-3H3,(H,22,26)(H2,21,23,24). The number of nitrogens with one attached hydrogen (secondary N) is 3. The van der Waals surface area contributed by atoms with Gasteiger partial charge in [0.15, 0.2) is 5.96 Å². The summed E-state index contributed by atoms with van der Waals surface area (Å²) in [5.41, 5.74) is 0. The first-order chi connectivity index (χ1) is 13.0. The fraction of sp³-hybridized carbons (Fsp3) is 0.850. The van der Waals surface area contributed by atoms with Gasteiger partial charge in [0.25, 0.3) is 0 Å². The van der Waals surface area contributed by atoms with Gasteiger partial charge in [-0.25, -0.2) is 0 Å². The first-order valence-electron chi connectivity index (χ1n) is 10.6. The average Bonchev–Trinajstić information content (AvgIpc) is 3.13. The van der Waals surface area contributed by atoms with E-state index in [1.807, 2.05) is 25.7 Å². The Bertz CT molecular complexity index is 515. The summed E-state index contributed by atoms with van der Waals surface area (Å²) in [7, 11) is 0. The molecule has 0 radical (unpaired) electrons. The summed E-state index contributed by atoms with van der Waals surface area (Å²) < 4.78 is 0. The van der Waals surface area contributed by atoms with Crippen LogP contribution in [0.15, 0.2) is 4.99 Å². The Morgan fingerprint density at radius 3 is 2.52 bits per heavy atom. The van der Waals surface area contributed by atoms with Crippen LogP contribution in [0.3, 0.4) is 0 Å². The van der Waals surface area contributed by atoms with Crippen LogP contribution in [-0.2, 0) is 9.59 Å². The summed E-state index contributed by atoms with van der Waals surface area (Å²) in [4.78, 5) is 30.9. The molecule has 1 aliphatic carbocycles. The van der Waals surface area contributed by atoms with E-state index >= 15 is 0 Å². The molecule has 2 fully saturated rings. The minimum Gasteiger partial charge on any atom is -0.357 e. The van der Waals surface area contributed by atoms with Crippen LogP contribution in [0.1, 0.15) is 59.3 Å². The van der Waals surface area contributed by atoms with E-state index < -0.39 is 0 Å². The van der Waals surface area contributed by atoms with Crippen molar-refractivity contribution in [2.45, 2.75) is 65.3 Å². The van der Waals surface area contributed by atoms with Gasteiger partial charge in [0.05, 0.1) is 6.54 Å². The molecule has 0 aromatic heterocycles. The van der Waals surface area contributed by atoms with Crippen molar-refractivity contribution < 1.29 is 9.59 Å². The highest BCUT2D eigenvalue weighted by Crippen LogP contribution is 2.26. The van der Waals surface area contributed by atoms with Crippen LogP contribution < -0.4 is 16.0 Å². The van der Waals surface area contributed by atoms with Gasteiger partial charge in [0.2, 0.25) is 11.8 Å². The predicted octanol–water partition coefficient (Wildman–Crippen LogP) is 1.49. The number of carbonyl (C=O) groups is 2. The van der Waals surface area contributed by atoms with E-state index in [0.717, 1.165) is 44.9 Å². The van der Waals surface area contributed by atoms with Crippen LogP contribution in [0.25, 0.3) is 0 Å². The number of amides is 2. The van der Waals surface area contributed by atoms with E-state index in [0.29, 0.717) is 19.0 Å². The second-order valence-electron chi connectivity index (χ2n) is 7.96. The van der Waals surface area contributed by atoms with Crippen molar-refractivity contribution in [3.05, 3.63) is 0 Å². The van der Waals surface area contributed by atoms with Crippen molar-refractivity contribution in [3.8, 4) is 0 Å². The maximum absolute atomic E-state index is 12.7. The lowest BCUT2D eigenvalue weighted by molar-refractivity contribution is -0.135. The van der Waals surface area contributed by atoms with Crippen LogP contribution in [-0.4, -0.2) is 61.4 Å². The maximum Gasteiger partial charge on any atom is 0.225 e. The van der Waals surface area contributed by atoms with Gasteiger partial charge in [-0.15, -0.1) is 0 Å². The smallest absolute Gasteiger partial charge is 0.225 e. The van der Waals surface area contributed by atoms with Crippen molar-refractivity contribution in [2.24, 2.45) is 16.8 Å². The third-order valence-electron chi connectivity index (χ3n) is 5.34. The van der Waals surface area contributed by atoms with Gasteiger partial charge in [0, 0.05) is 44.1 Å². The molecule has 0 aromatic carbocycles. The number of likely N-dealkylation sites (tertiary alicyclic amines) is 1. The minimum atomic E-state index is -0.00786. The quantitative estimate of drug-likeness (QED) is 0.355. The molecule has 2 aliphatic rings. The van der Waals surface area contributed by atoms with Gasteiger partial charge >= 0.3 is 0 Å². The van der Waals surface area contributed by atoms with E-state index in [4.69, 9.17) is 0 Å². The van der Waals surface area contributed by atoms with Crippen LogP contribution >= 0.6 is 0 Å². The molecule has 2 rings (SSSR count). The lowest BCUT2D eigenvalue weighted by atomic mass is 9.88. The molecule has 7 nitrogen and oxygen atoms in total. The lowest BCUT2D eigenvalue weighted by Gasteiger charge is -2.26. The number of rotatable bonds is 7. The monoisotopic (exact) mass is 379 g/mol. The van der Waals surface area contributed by atoms with Gasteiger partial charge in [-0.1, -0.05) is 33.1 Å². The number of guanidine groups is 1. The minimum absolute atomic E-state index is 0.00786. The van der Waals surface area contributed by atoms with E-state index in [1.54, 1.807) is 0 Å². The Hall–Kier alpha value is -1.79. The van der Waals surface area contributed by atoms with Crippen molar-refractivity contribution >= 4 is 17.8 Å². The maximum atomic E-state index is 12.7. The summed E-state index contributed by atoms with van der Waals surface area (Å²) >= 11 is 0. The molecule has 0 bridgehead atoms. The number of aliphatic imine (C=N–C) groups is 1. The number of hydrogen-bond donors (Lipinski definition) is 3. The summed E-state index contributed by atoms with van der Waals surface area (Å²) in [6.45, 7) is 9.22. The van der Waals surface area contributed by atoms with E-state index in [2.05, 4.69) is 20.9 Å². The van der Waals surface area contributed by atoms with Crippen LogP contribution in [0, 0.1) is 11.8 Å². The molecule has 2 amide bonds. The third kappa shape index (κ3) is 7.03. The summed E-state index contributed by atoms with van der Waals surface area (Å²) in [5.74, 6) is 1.39. The van der Waals surface area contributed by atoms with Gasteiger partial charge in [-0.05, 0) is 26.2 Å². The second kappa shape index (κ2) is 11.1.